The summed E-state index contributed by atoms with van der Waals surface area (Å²) in [7, 11) is -4.13. The summed E-state index contributed by atoms with van der Waals surface area (Å²) in [6.07, 6.45) is 0. The molecule has 0 fully saturated rings. The van der Waals surface area contributed by atoms with Crippen LogP contribution in [-0.4, -0.2) is 24.3 Å². The summed E-state index contributed by atoms with van der Waals surface area (Å²) >= 11 is 12.0. The van der Waals surface area contributed by atoms with E-state index in [1.54, 1.807) is 51.1 Å². The lowest BCUT2D eigenvalue weighted by Crippen LogP contribution is -2.55. The Morgan fingerprint density at radius 1 is 1.04 bits per heavy atom. The molecule has 1 amide bonds. The second-order valence-corrected chi connectivity index (χ2v) is 8.92. The van der Waals surface area contributed by atoms with E-state index >= 15 is 0 Å². The molecular formula is C17H18Cl2N2O3S. The first kappa shape index (κ1) is 19.7. The van der Waals surface area contributed by atoms with Crippen molar-refractivity contribution in [2.45, 2.75) is 31.2 Å². The van der Waals surface area contributed by atoms with E-state index in [1.165, 1.54) is 18.2 Å². The Labute approximate surface area is 157 Å². The van der Waals surface area contributed by atoms with Crippen LogP contribution in [0.5, 0.6) is 0 Å². The van der Waals surface area contributed by atoms with Gasteiger partial charge in [0.2, 0.25) is 0 Å². The second kappa shape index (κ2) is 7.33. The van der Waals surface area contributed by atoms with E-state index in [4.69, 9.17) is 23.2 Å². The average molecular weight is 401 g/mol. The fourth-order valence-corrected chi connectivity index (χ4v) is 4.47. The quantitative estimate of drug-likeness (QED) is 0.784. The highest BCUT2D eigenvalue weighted by atomic mass is 35.5. The zero-order valence-corrected chi connectivity index (χ0v) is 16.3. The summed E-state index contributed by atoms with van der Waals surface area (Å²) in [6, 6.07) is 12.5. The summed E-state index contributed by atoms with van der Waals surface area (Å²) in [5.41, 5.74) is 1.86. The van der Waals surface area contributed by atoms with E-state index in [1.807, 2.05) is 0 Å². The number of sulfonamides is 1. The third kappa shape index (κ3) is 4.52. The Hall–Kier alpha value is -1.60. The van der Waals surface area contributed by atoms with Crippen molar-refractivity contribution in [3.05, 3.63) is 64.1 Å². The minimum atomic E-state index is -4.13. The van der Waals surface area contributed by atoms with E-state index in [2.05, 4.69) is 5.43 Å². The summed E-state index contributed by atoms with van der Waals surface area (Å²) in [6.45, 7) is 4.98. The molecule has 0 radical (unpaired) electrons. The van der Waals surface area contributed by atoms with Gasteiger partial charge in [-0.3, -0.25) is 10.2 Å². The molecule has 0 aliphatic rings. The standard InChI is InChI=1S/C17H18Cl2N2O3S/c1-17(2,3)21(20-16(22)12-7-5-4-6-8-12)25(23,24)15-11-13(18)9-10-14(15)19/h4-11H,1-3H3,(H,20,22). The molecule has 5 nitrogen and oxygen atoms in total. The molecule has 2 rings (SSSR count). The molecule has 2 aromatic carbocycles. The third-order valence-electron chi connectivity index (χ3n) is 3.26. The molecule has 0 saturated carbocycles. The van der Waals surface area contributed by atoms with Crippen molar-refractivity contribution in [3.63, 3.8) is 0 Å². The van der Waals surface area contributed by atoms with Crippen molar-refractivity contribution in [2.24, 2.45) is 0 Å². The number of benzene rings is 2. The molecule has 0 heterocycles. The lowest BCUT2D eigenvalue weighted by atomic mass is 10.1. The summed E-state index contributed by atoms with van der Waals surface area (Å²) < 4.78 is 27.1. The van der Waals surface area contributed by atoms with Gasteiger partial charge in [-0.2, -0.15) is 0 Å². The molecule has 0 saturated heterocycles. The monoisotopic (exact) mass is 400 g/mol. The molecule has 134 valence electrons. The Morgan fingerprint density at radius 2 is 1.64 bits per heavy atom. The number of hydrogen-bond donors (Lipinski definition) is 1. The number of carbonyl (C=O) groups is 1. The number of hydrogen-bond acceptors (Lipinski definition) is 3. The number of nitrogens with one attached hydrogen (secondary N) is 1. The SMILES string of the molecule is CC(C)(C)N(NC(=O)c1ccccc1)S(=O)(=O)c1cc(Cl)ccc1Cl. The summed E-state index contributed by atoms with van der Waals surface area (Å²) in [5.74, 6) is -0.544. The molecule has 25 heavy (non-hydrogen) atoms. The molecule has 0 aliphatic heterocycles. The zero-order chi connectivity index (χ0) is 18.8. The molecule has 0 spiro atoms. The number of carbonyl (C=O) groups excluding carboxylic acids is 1. The highest BCUT2D eigenvalue weighted by Gasteiger charge is 2.37. The number of halogens is 2. The predicted octanol–water partition coefficient (Wildman–Crippen LogP) is 4.13. The molecule has 0 unspecified atom stereocenters. The molecule has 0 atom stereocenters. The highest BCUT2D eigenvalue weighted by Crippen LogP contribution is 2.30. The van der Waals surface area contributed by atoms with Gasteiger partial charge in [0, 0.05) is 16.1 Å². The smallest absolute Gasteiger partial charge is 0.266 e. The first-order valence-corrected chi connectivity index (χ1v) is 9.59. The van der Waals surface area contributed by atoms with Crippen LogP contribution in [0.25, 0.3) is 0 Å². The third-order valence-corrected chi connectivity index (χ3v) is 5.95. The Kier molecular flexibility index (Phi) is 5.79. The Morgan fingerprint density at radius 3 is 2.20 bits per heavy atom. The molecule has 8 heteroatoms. The van der Waals surface area contributed by atoms with Gasteiger partial charge in [0.15, 0.2) is 0 Å². The Bertz CT molecular complexity index is 879. The van der Waals surface area contributed by atoms with Crippen LogP contribution in [-0.2, 0) is 10.0 Å². The molecule has 0 aliphatic carbocycles. The van der Waals surface area contributed by atoms with Gasteiger partial charge < -0.3 is 0 Å². The number of hydrazine groups is 1. The Balaban J connectivity index is 2.47. The van der Waals surface area contributed by atoms with Crippen molar-refractivity contribution in [1.82, 2.24) is 9.84 Å². The average Bonchev–Trinajstić information content (AvgIpc) is 2.54. The first-order valence-electron chi connectivity index (χ1n) is 7.40. The van der Waals surface area contributed by atoms with Gasteiger partial charge in [0.05, 0.1) is 5.02 Å². The summed E-state index contributed by atoms with van der Waals surface area (Å²) in [4.78, 5) is 12.3. The van der Waals surface area contributed by atoms with Crippen LogP contribution in [0.2, 0.25) is 10.0 Å². The maximum absolute atomic E-state index is 13.1. The van der Waals surface area contributed by atoms with E-state index in [0.29, 0.717) is 5.56 Å². The van der Waals surface area contributed by atoms with Crippen molar-refractivity contribution >= 4 is 39.1 Å². The number of nitrogens with zero attached hydrogens (tertiary/aromatic N) is 1. The minimum absolute atomic E-state index is 0.0209. The maximum atomic E-state index is 13.1. The molecular weight excluding hydrogens is 383 g/mol. The summed E-state index contributed by atoms with van der Waals surface area (Å²) in [5, 5.41) is 0.249. The largest absolute Gasteiger partial charge is 0.270 e. The van der Waals surface area contributed by atoms with E-state index in [-0.39, 0.29) is 14.9 Å². The molecule has 0 bridgehead atoms. The van der Waals surface area contributed by atoms with Crippen molar-refractivity contribution in [2.75, 3.05) is 0 Å². The molecule has 1 N–H and O–H groups in total. The minimum Gasteiger partial charge on any atom is -0.270 e. The van der Waals surface area contributed by atoms with Gasteiger partial charge in [-0.15, -0.1) is 4.41 Å². The van der Waals surface area contributed by atoms with Crippen molar-refractivity contribution in [3.8, 4) is 0 Å². The van der Waals surface area contributed by atoms with Crippen LogP contribution in [0.4, 0.5) is 0 Å². The van der Waals surface area contributed by atoms with Crippen LogP contribution in [0.15, 0.2) is 53.4 Å². The lowest BCUT2D eigenvalue weighted by Gasteiger charge is -2.34. The van der Waals surface area contributed by atoms with Crippen molar-refractivity contribution in [1.29, 1.82) is 0 Å². The van der Waals surface area contributed by atoms with Crippen LogP contribution in [0.3, 0.4) is 0 Å². The van der Waals surface area contributed by atoms with Gasteiger partial charge in [-0.25, -0.2) is 8.42 Å². The fraction of sp³-hybridized carbons (Fsp3) is 0.235. The number of amides is 1. The normalized spacial score (nSPS) is 12.2. The first-order chi connectivity index (χ1) is 11.5. The second-order valence-electron chi connectivity index (χ2n) is 6.32. The lowest BCUT2D eigenvalue weighted by molar-refractivity contribution is 0.0798. The van der Waals surface area contributed by atoms with E-state index < -0.39 is 21.5 Å². The van der Waals surface area contributed by atoms with Crippen LogP contribution in [0.1, 0.15) is 31.1 Å². The van der Waals surface area contributed by atoms with E-state index in [9.17, 15) is 13.2 Å². The number of rotatable bonds is 4. The van der Waals surface area contributed by atoms with Crippen LogP contribution >= 0.6 is 23.2 Å². The van der Waals surface area contributed by atoms with E-state index in [0.717, 1.165) is 4.41 Å². The van der Waals surface area contributed by atoms with Crippen LogP contribution < -0.4 is 5.43 Å². The van der Waals surface area contributed by atoms with Gasteiger partial charge in [-0.05, 0) is 51.1 Å². The highest BCUT2D eigenvalue weighted by molar-refractivity contribution is 7.89. The molecule has 2 aromatic rings. The zero-order valence-electron chi connectivity index (χ0n) is 14.0. The van der Waals surface area contributed by atoms with Gasteiger partial charge >= 0.3 is 0 Å². The van der Waals surface area contributed by atoms with Gasteiger partial charge in [0.1, 0.15) is 4.90 Å². The van der Waals surface area contributed by atoms with Crippen LogP contribution in [0, 0.1) is 0 Å². The van der Waals surface area contributed by atoms with Gasteiger partial charge in [-0.1, -0.05) is 41.4 Å². The fourth-order valence-electron chi connectivity index (χ4n) is 2.11. The topological polar surface area (TPSA) is 66.5 Å². The molecule has 0 aromatic heterocycles. The maximum Gasteiger partial charge on any atom is 0.266 e. The van der Waals surface area contributed by atoms with Crippen molar-refractivity contribution < 1.29 is 13.2 Å². The van der Waals surface area contributed by atoms with Gasteiger partial charge in [0.25, 0.3) is 15.9 Å². The predicted molar refractivity (Wildman–Crippen MR) is 99.1 cm³/mol.